The number of carbonyl (C=O) groups is 1. The SMILES string of the molecule is N=S1(=O)/C(=C/c2cc3oc(-c4ccccc4)nc3s2)C(=O)c2ccccc21. The number of hydrogen-bond donors (Lipinski definition) is 1. The van der Waals surface area contributed by atoms with Gasteiger partial charge >= 0.3 is 0 Å². The Balaban J connectivity index is 1.57. The van der Waals surface area contributed by atoms with E-state index in [4.69, 9.17) is 9.20 Å². The molecule has 0 bridgehead atoms. The van der Waals surface area contributed by atoms with Crippen molar-refractivity contribution in [3.63, 3.8) is 0 Å². The van der Waals surface area contributed by atoms with Gasteiger partial charge < -0.3 is 4.42 Å². The number of aromatic nitrogens is 1. The zero-order valence-electron chi connectivity index (χ0n) is 13.8. The van der Waals surface area contributed by atoms with Gasteiger partial charge in [0.15, 0.2) is 10.4 Å². The average molecular weight is 392 g/mol. The summed E-state index contributed by atoms with van der Waals surface area (Å²) in [4.78, 5) is 18.8. The standard InChI is InChI=1S/C20H12N2O3S2/c21-27(24)16-9-5-4-8-14(16)18(23)17(27)11-13-10-15-20(26-13)22-19(25-15)12-6-2-1-3-7-12/h1-11,21H/b17-11+. The maximum absolute atomic E-state index is 12.9. The number of rotatable bonds is 2. The lowest BCUT2D eigenvalue weighted by Crippen LogP contribution is -2.00. The molecule has 1 unspecified atom stereocenters. The molecular formula is C20H12N2O3S2. The van der Waals surface area contributed by atoms with Gasteiger partial charge in [0.25, 0.3) is 0 Å². The summed E-state index contributed by atoms with van der Waals surface area (Å²) < 4.78 is 27.0. The molecule has 0 amide bonds. The van der Waals surface area contributed by atoms with Crippen LogP contribution in [0.5, 0.6) is 0 Å². The number of hydrogen-bond acceptors (Lipinski definition) is 6. The fraction of sp³-hybridized carbons (Fsp3) is 0. The summed E-state index contributed by atoms with van der Waals surface area (Å²) in [6.07, 6.45) is 1.53. The van der Waals surface area contributed by atoms with E-state index in [1.54, 1.807) is 30.3 Å². The molecule has 1 atom stereocenters. The van der Waals surface area contributed by atoms with Crippen LogP contribution in [0.25, 0.3) is 27.9 Å². The van der Waals surface area contributed by atoms with E-state index >= 15 is 0 Å². The Morgan fingerprint density at radius 3 is 2.56 bits per heavy atom. The largest absolute Gasteiger partial charge is 0.435 e. The minimum atomic E-state index is -3.30. The van der Waals surface area contributed by atoms with Gasteiger partial charge in [0, 0.05) is 22.1 Å². The summed E-state index contributed by atoms with van der Waals surface area (Å²) >= 11 is 1.34. The molecule has 27 heavy (non-hydrogen) atoms. The number of thiophene rings is 1. The van der Waals surface area contributed by atoms with Gasteiger partial charge in [-0.15, -0.1) is 11.3 Å². The van der Waals surface area contributed by atoms with Gasteiger partial charge in [-0.05, 0) is 30.3 Å². The van der Waals surface area contributed by atoms with Crippen LogP contribution in [0, 0.1) is 4.78 Å². The van der Waals surface area contributed by atoms with E-state index in [0.29, 0.717) is 26.7 Å². The highest BCUT2D eigenvalue weighted by atomic mass is 32.2. The van der Waals surface area contributed by atoms with Crippen LogP contribution >= 0.6 is 11.3 Å². The predicted octanol–water partition coefficient (Wildman–Crippen LogP) is 5.20. The average Bonchev–Trinajstić information content (AvgIpc) is 3.29. The van der Waals surface area contributed by atoms with E-state index in [2.05, 4.69) is 4.98 Å². The van der Waals surface area contributed by atoms with Crippen LogP contribution in [0.2, 0.25) is 0 Å². The van der Waals surface area contributed by atoms with Crippen LogP contribution in [0.1, 0.15) is 15.2 Å². The molecule has 5 nitrogen and oxygen atoms in total. The molecule has 2 aromatic carbocycles. The van der Waals surface area contributed by atoms with E-state index in [-0.39, 0.29) is 15.6 Å². The summed E-state index contributed by atoms with van der Waals surface area (Å²) in [6.45, 7) is 0. The topological polar surface area (TPSA) is 84.0 Å². The molecule has 0 saturated carbocycles. The Labute approximate surface area is 159 Å². The number of benzene rings is 2. The Bertz CT molecular complexity index is 1310. The molecule has 2 aromatic heterocycles. The molecule has 132 valence electrons. The molecule has 1 N–H and O–H groups in total. The minimum absolute atomic E-state index is 0.0101. The van der Waals surface area contributed by atoms with Crippen LogP contribution in [0.4, 0.5) is 0 Å². The Hall–Kier alpha value is -3.03. The van der Waals surface area contributed by atoms with E-state index < -0.39 is 9.73 Å². The molecule has 5 rings (SSSR count). The zero-order valence-corrected chi connectivity index (χ0v) is 15.5. The van der Waals surface area contributed by atoms with E-state index in [1.807, 2.05) is 30.3 Å². The monoisotopic (exact) mass is 392 g/mol. The summed E-state index contributed by atoms with van der Waals surface area (Å²) in [5.74, 6) is 0.179. The molecule has 0 fully saturated rings. The van der Waals surface area contributed by atoms with Crippen LogP contribution in [0.3, 0.4) is 0 Å². The Morgan fingerprint density at radius 2 is 1.81 bits per heavy atom. The number of nitrogens with one attached hydrogen (secondary N) is 1. The zero-order chi connectivity index (χ0) is 18.6. The van der Waals surface area contributed by atoms with Crippen molar-refractivity contribution in [1.82, 2.24) is 4.98 Å². The third-order valence-corrected chi connectivity index (χ3v) is 7.23. The lowest BCUT2D eigenvalue weighted by atomic mass is 10.1. The normalized spacial score (nSPS) is 20.4. The third kappa shape index (κ3) is 2.47. The highest BCUT2D eigenvalue weighted by molar-refractivity contribution is 7.98. The van der Waals surface area contributed by atoms with Crippen LogP contribution in [-0.4, -0.2) is 15.0 Å². The first-order valence-corrected chi connectivity index (χ1v) is 10.5. The predicted molar refractivity (Wildman–Crippen MR) is 105 cm³/mol. The van der Waals surface area contributed by atoms with Crippen molar-refractivity contribution in [2.24, 2.45) is 0 Å². The number of Topliss-reactive ketones (excluding diaryl/α,β-unsaturated/α-hetero) is 1. The number of oxazole rings is 1. The van der Waals surface area contributed by atoms with Crippen molar-refractivity contribution >= 4 is 43.3 Å². The maximum Gasteiger partial charge on any atom is 0.228 e. The number of nitrogens with zero attached hydrogens (tertiary/aromatic N) is 1. The molecule has 3 heterocycles. The van der Waals surface area contributed by atoms with Gasteiger partial charge in [-0.25, -0.2) is 8.99 Å². The van der Waals surface area contributed by atoms with Crippen LogP contribution < -0.4 is 0 Å². The van der Waals surface area contributed by atoms with Crippen molar-refractivity contribution in [3.05, 3.63) is 76.0 Å². The van der Waals surface area contributed by atoms with Crippen molar-refractivity contribution in [2.75, 3.05) is 0 Å². The first-order chi connectivity index (χ1) is 13.0. The molecule has 4 aromatic rings. The van der Waals surface area contributed by atoms with Crippen LogP contribution in [-0.2, 0) is 9.73 Å². The fourth-order valence-electron chi connectivity index (χ4n) is 3.09. The Morgan fingerprint density at radius 1 is 1.07 bits per heavy atom. The molecule has 1 aliphatic rings. The van der Waals surface area contributed by atoms with E-state index in [0.717, 1.165) is 5.56 Å². The summed E-state index contributed by atoms with van der Waals surface area (Å²) in [6, 6.07) is 17.9. The summed E-state index contributed by atoms with van der Waals surface area (Å²) in [7, 11) is -3.30. The quantitative estimate of drug-likeness (QED) is 0.475. The van der Waals surface area contributed by atoms with Gasteiger partial charge in [0.2, 0.25) is 11.7 Å². The molecule has 0 aliphatic carbocycles. The fourth-order valence-corrected chi connectivity index (χ4v) is 5.70. The van der Waals surface area contributed by atoms with Crippen molar-refractivity contribution < 1.29 is 13.4 Å². The minimum Gasteiger partial charge on any atom is -0.435 e. The molecule has 0 radical (unpaired) electrons. The second-order valence-electron chi connectivity index (χ2n) is 6.09. The van der Waals surface area contributed by atoms with Gasteiger partial charge in [-0.3, -0.25) is 4.79 Å². The number of ketones is 1. The van der Waals surface area contributed by atoms with Gasteiger partial charge in [-0.2, -0.15) is 4.98 Å². The first kappa shape index (κ1) is 16.2. The lowest BCUT2D eigenvalue weighted by Gasteiger charge is -1.99. The number of fused-ring (bicyclic) bond motifs is 2. The molecule has 0 spiro atoms. The summed E-state index contributed by atoms with van der Waals surface area (Å²) in [5.41, 5.74) is 1.83. The Kier molecular flexibility index (Phi) is 3.43. The van der Waals surface area contributed by atoms with Gasteiger partial charge in [-0.1, -0.05) is 30.3 Å². The van der Waals surface area contributed by atoms with Crippen molar-refractivity contribution in [1.29, 1.82) is 4.78 Å². The van der Waals surface area contributed by atoms with Crippen LogP contribution in [0.15, 0.2) is 74.9 Å². The molecule has 1 aliphatic heterocycles. The van der Waals surface area contributed by atoms with Crippen molar-refractivity contribution in [3.8, 4) is 11.5 Å². The number of carbonyl (C=O) groups excluding carboxylic acids is 1. The van der Waals surface area contributed by atoms with Crippen molar-refractivity contribution in [2.45, 2.75) is 4.90 Å². The van der Waals surface area contributed by atoms with E-state index in [9.17, 15) is 9.00 Å². The highest BCUT2D eigenvalue weighted by Crippen LogP contribution is 2.38. The van der Waals surface area contributed by atoms with E-state index in [1.165, 1.54) is 17.4 Å². The highest BCUT2D eigenvalue weighted by Gasteiger charge is 2.35. The first-order valence-electron chi connectivity index (χ1n) is 8.14. The lowest BCUT2D eigenvalue weighted by molar-refractivity contribution is 0.104. The summed E-state index contributed by atoms with van der Waals surface area (Å²) in [5, 5.41) is 0. The molecule has 0 saturated heterocycles. The maximum atomic E-state index is 12.9. The van der Waals surface area contributed by atoms with Gasteiger partial charge in [0.05, 0.1) is 4.90 Å². The second-order valence-corrected chi connectivity index (χ2v) is 9.15. The smallest absolute Gasteiger partial charge is 0.228 e. The molecular weight excluding hydrogens is 380 g/mol. The molecule has 7 heteroatoms. The third-order valence-electron chi connectivity index (χ3n) is 4.38. The second kappa shape index (κ2) is 5.73. The number of allylic oxidation sites excluding steroid dienone is 1. The van der Waals surface area contributed by atoms with Gasteiger partial charge in [0.1, 0.15) is 14.6 Å².